The maximum Gasteiger partial charge on any atom is 0.211 e. The van der Waals surface area contributed by atoms with Gasteiger partial charge in [0.05, 0.1) is 16.9 Å². The van der Waals surface area contributed by atoms with Crippen LogP contribution in [0, 0.1) is 13.8 Å². The van der Waals surface area contributed by atoms with Crippen LogP contribution < -0.4 is 4.72 Å². The Morgan fingerprint density at radius 1 is 1.08 bits per heavy atom. The van der Waals surface area contributed by atoms with Crippen molar-refractivity contribution in [3.05, 3.63) is 53.5 Å². The van der Waals surface area contributed by atoms with Gasteiger partial charge in [-0.25, -0.2) is 21.6 Å². The highest BCUT2D eigenvalue weighted by atomic mass is 32.2. The third-order valence-electron chi connectivity index (χ3n) is 4.30. The van der Waals surface area contributed by atoms with E-state index in [1.807, 2.05) is 20.8 Å². The van der Waals surface area contributed by atoms with Gasteiger partial charge < -0.3 is 4.42 Å². The van der Waals surface area contributed by atoms with Gasteiger partial charge in [-0.3, -0.25) is 0 Å². The molecule has 6 nitrogen and oxygen atoms in total. The molecule has 0 saturated carbocycles. The predicted octanol–water partition coefficient (Wildman–Crippen LogP) is 3.13. The monoisotopic (exact) mass is 399 g/mol. The van der Waals surface area contributed by atoms with Gasteiger partial charge >= 0.3 is 0 Å². The molecule has 26 heavy (non-hydrogen) atoms. The van der Waals surface area contributed by atoms with Gasteiger partial charge in [0.2, 0.25) is 10.0 Å². The van der Waals surface area contributed by atoms with Crippen LogP contribution in [0.25, 0.3) is 0 Å². The van der Waals surface area contributed by atoms with E-state index in [9.17, 15) is 16.8 Å². The molecular formula is C18H25NO5S2. The van der Waals surface area contributed by atoms with E-state index in [4.69, 9.17) is 4.42 Å². The molecule has 0 saturated heterocycles. The highest BCUT2D eigenvalue weighted by Gasteiger charge is 2.32. The Bertz CT molecular complexity index is 932. The lowest BCUT2D eigenvalue weighted by atomic mass is 10.1. The summed E-state index contributed by atoms with van der Waals surface area (Å²) in [6.45, 7) is 5.36. The van der Waals surface area contributed by atoms with Gasteiger partial charge in [0, 0.05) is 6.54 Å². The van der Waals surface area contributed by atoms with E-state index in [-0.39, 0.29) is 23.0 Å². The van der Waals surface area contributed by atoms with Crippen molar-refractivity contribution < 1.29 is 21.3 Å². The lowest BCUT2D eigenvalue weighted by molar-refractivity contribution is 0.486. The molecule has 2 aromatic rings. The second-order valence-electron chi connectivity index (χ2n) is 6.32. The second kappa shape index (κ2) is 8.37. The van der Waals surface area contributed by atoms with Crippen molar-refractivity contribution in [2.45, 2.75) is 43.8 Å². The zero-order valence-corrected chi connectivity index (χ0v) is 16.9. The van der Waals surface area contributed by atoms with E-state index in [1.165, 1.54) is 6.26 Å². The van der Waals surface area contributed by atoms with Crippen LogP contribution in [-0.4, -0.2) is 29.1 Å². The average Bonchev–Trinajstić information content (AvgIpc) is 3.09. The Morgan fingerprint density at radius 2 is 1.81 bits per heavy atom. The van der Waals surface area contributed by atoms with Crippen molar-refractivity contribution in [3.8, 4) is 0 Å². The molecule has 144 valence electrons. The normalized spacial score (nSPS) is 13.7. The van der Waals surface area contributed by atoms with E-state index in [0.29, 0.717) is 6.42 Å². The van der Waals surface area contributed by atoms with Gasteiger partial charge in [-0.05, 0) is 55.7 Å². The molecule has 0 unspecified atom stereocenters. The minimum Gasteiger partial charge on any atom is -0.468 e. The summed E-state index contributed by atoms with van der Waals surface area (Å²) in [5, 5.41) is -1.13. The van der Waals surface area contributed by atoms with E-state index in [1.54, 1.807) is 30.3 Å². The van der Waals surface area contributed by atoms with Crippen molar-refractivity contribution in [1.29, 1.82) is 0 Å². The lowest BCUT2D eigenvalue weighted by Crippen LogP contribution is -2.33. The molecule has 0 aliphatic carbocycles. The SMILES string of the molecule is CCCCS(=O)(=O)NC[C@@H](c1ccco1)S(=O)(=O)c1ccc(C)c(C)c1. The minimum atomic E-state index is -3.83. The molecule has 1 aromatic heterocycles. The summed E-state index contributed by atoms with van der Waals surface area (Å²) in [6.07, 6.45) is 2.64. The van der Waals surface area contributed by atoms with E-state index < -0.39 is 25.1 Å². The number of sulfone groups is 1. The van der Waals surface area contributed by atoms with Crippen LogP contribution in [-0.2, 0) is 19.9 Å². The zero-order valence-electron chi connectivity index (χ0n) is 15.2. The van der Waals surface area contributed by atoms with Crippen LogP contribution in [0.3, 0.4) is 0 Å². The fourth-order valence-corrected chi connectivity index (χ4v) is 5.51. The zero-order chi connectivity index (χ0) is 19.4. The van der Waals surface area contributed by atoms with Gasteiger partial charge in [0.15, 0.2) is 9.84 Å². The van der Waals surface area contributed by atoms with Gasteiger partial charge in [-0.1, -0.05) is 19.4 Å². The molecule has 0 bridgehead atoms. The number of hydrogen-bond acceptors (Lipinski definition) is 5. The first kappa shape index (κ1) is 20.7. The van der Waals surface area contributed by atoms with E-state index >= 15 is 0 Å². The molecular weight excluding hydrogens is 374 g/mol. The first-order valence-corrected chi connectivity index (χ1v) is 11.7. The fourth-order valence-electron chi connectivity index (χ4n) is 2.50. The molecule has 1 N–H and O–H groups in total. The molecule has 0 radical (unpaired) electrons. The quantitative estimate of drug-likeness (QED) is 0.699. The summed E-state index contributed by atoms with van der Waals surface area (Å²) in [6, 6.07) is 8.02. The highest BCUT2D eigenvalue weighted by Crippen LogP contribution is 2.30. The summed E-state index contributed by atoms with van der Waals surface area (Å²) >= 11 is 0. The number of hydrogen-bond donors (Lipinski definition) is 1. The molecule has 0 aliphatic rings. The molecule has 0 spiro atoms. The number of rotatable bonds is 9. The number of benzene rings is 1. The molecule has 0 fully saturated rings. The molecule has 1 atom stereocenters. The number of furan rings is 1. The standard InChI is InChI=1S/C18H25NO5S2/c1-4-5-11-25(20,21)19-13-18(17-7-6-10-24-17)26(22,23)16-9-8-14(2)15(3)12-16/h6-10,12,18-19H,4-5,11,13H2,1-3H3/t18-/m0/s1. The number of aryl methyl sites for hydroxylation is 2. The predicted molar refractivity (Wildman–Crippen MR) is 101 cm³/mol. The third kappa shape index (κ3) is 4.96. The summed E-state index contributed by atoms with van der Waals surface area (Å²) in [4.78, 5) is 0.148. The molecule has 1 aromatic carbocycles. The van der Waals surface area contributed by atoms with Gasteiger partial charge in [0.25, 0.3) is 0 Å². The Balaban J connectivity index is 2.34. The molecule has 0 amide bonds. The van der Waals surface area contributed by atoms with Crippen LogP contribution in [0.4, 0.5) is 0 Å². The van der Waals surface area contributed by atoms with Crippen molar-refractivity contribution in [1.82, 2.24) is 4.72 Å². The van der Waals surface area contributed by atoms with Crippen molar-refractivity contribution in [2.24, 2.45) is 0 Å². The van der Waals surface area contributed by atoms with Gasteiger partial charge in [0.1, 0.15) is 11.0 Å². The molecule has 0 aliphatic heterocycles. The molecule has 2 rings (SSSR count). The van der Waals surface area contributed by atoms with Gasteiger partial charge in [-0.15, -0.1) is 0 Å². The lowest BCUT2D eigenvalue weighted by Gasteiger charge is -2.17. The van der Waals surface area contributed by atoms with E-state index in [0.717, 1.165) is 17.5 Å². The van der Waals surface area contributed by atoms with Crippen LogP contribution in [0.5, 0.6) is 0 Å². The Morgan fingerprint density at radius 3 is 2.38 bits per heavy atom. The van der Waals surface area contributed by atoms with Crippen molar-refractivity contribution >= 4 is 19.9 Å². The highest BCUT2D eigenvalue weighted by molar-refractivity contribution is 7.92. The van der Waals surface area contributed by atoms with E-state index in [2.05, 4.69) is 4.72 Å². The van der Waals surface area contributed by atoms with Crippen LogP contribution >= 0.6 is 0 Å². The van der Waals surface area contributed by atoms with Crippen LogP contribution in [0.1, 0.15) is 41.9 Å². The summed E-state index contributed by atoms with van der Waals surface area (Å²) < 4.78 is 58.1. The number of sulfonamides is 1. The topological polar surface area (TPSA) is 93.4 Å². The van der Waals surface area contributed by atoms with Crippen LogP contribution in [0.15, 0.2) is 45.9 Å². The minimum absolute atomic E-state index is 0.0297. The summed E-state index contributed by atoms with van der Waals surface area (Å²) in [5.41, 5.74) is 1.84. The maximum atomic E-state index is 13.1. The summed E-state index contributed by atoms with van der Waals surface area (Å²) in [5.74, 6) is 0.180. The largest absolute Gasteiger partial charge is 0.468 e. The number of unbranched alkanes of at least 4 members (excludes halogenated alkanes) is 1. The van der Waals surface area contributed by atoms with Crippen LogP contribution in [0.2, 0.25) is 0 Å². The van der Waals surface area contributed by atoms with Crippen molar-refractivity contribution in [2.75, 3.05) is 12.3 Å². The Labute approximate surface area is 155 Å². The first-order chi connectivity index (χ1) is 12.2. The van der Waals surface area contributed by atoms with Gasteiger partial charge in [-0.2, -0.15) is 0 Å². The third-order valence-corrected chi connectivity index (χ3v) is 7.79. The molecule has 1 heterocycles. The fraction of sp³-hybridized carbons (Fsp3) is 0.444. The summed E-state index contributed by atoms with van der Waals surface area (Å²) in [7, 11) is -7.37. The Kier molecular flexibility index (Phi) is 6.65. The molecule has 8 heteroatoms. The maximum absolute atomic E-state index is 13.1. The average molecular weight is 400 g/mol. The van der Waals surface area contributed by atoms with Crippen molar-refractivity contribution in [3.63, 3.8) is 0 Å². The Hall–Kier alpha value is -1.64. The number of nitrogens with one attached hydrogen (secondary N) is 1. The first-order valence-electron chi connectivity index (χ1n) is 8.49. The smallest absolute Gasteiger partial charge is 0.211 e. The second-order valence-corrected chi connectivity index (χ2v) is 10.4.